The second-order valence-corrected chi connectivity index (χ2v) is 7.35. The maximum atomic E-state index is 6.21. The molecule has 1 atom stereocenters. The van der Waals surface area contributed by atoms with E-state index in [1.807, 2.05) is 30.3 Å². The monoisotopic (exact) mass is 383 g/mol. The van der Waals surface area contributed by atoms with Gasteiger partial charge in [-0.3, -0.25) is 0 Å². The number of rotatable bonds is 12. The van der Waals surface area contributed by atoms with Crippen molar-refractivity contribution in [3.8, 4) is 11.5 Å². The fraction of sp³-hybridized carbons (Fsp3) is 0.500. The van der Waals surface area contributed by atoms with E-state index in [1.54, 1.807) is 0 Å². The lowest BCUT2D eigenvalue weighted by molar-refractivity contribution is 0.126. The normalized spacial score (nSPS) is 15.7. The standard InChI is InChI=1S/C24H33NO3/c1-2-3-15-26-16-7-14-25-18-23-13-11-21-10-12-22(17-24(21)28-23)27-19-20-8-5-4-6-9-20/h4-6,8-10,12,17,23,25H,2-3,7,11,13-16,18-19H2,1H3/t23-/m1/s1. The van der Waals surface area contributed by atoms with Crippen molar-refractivity contribution in [3.05, 3.63) is 59.7 Å². The molecule has 1 N–H and O–H groups in total. The molecular formula is C24H33NO3. The summed E-state index contributed by atoms with van der Waals surface area (Å²) in [4.78, 5) is 0. The zero-order chi connectivity index (χ0) is 19.4. The third kappa shape index (κ3) is 6.84. The number of ether oxygens (including phenoxy) is 3. The van der Waals surface area contributed by atoms with Gasteiger partial charge in [0.05, 0.1) is 0 Å². The molecule has 1 heterocycles. The topological polar surface area (TPSA) is 39.7 Å². The van der Waals surface area contributed by atoms with Crippen LogP contribution < -0.4 is 14.8 Å². The van der Waals surface area contributed by atoms with Gasteiger partial charge in [0.15, 0.2) is 0 Å². The Kier molecular flexibility index (Phi) is 8.66. The van der Waals surface area contributed by atoms with Gasteiger partial charge >= 0.3 is 0 Å². The summed E-state index contributed by atoms with van der Waals surface area (Å²) >= 11 is 0. The molecule has 0 aliphatic carbocycles. The summed E-state index contributed by atoms with van der Waals surface area (Å²) in [6.07, 6.45) is 5.72. The third-order valence-electron chi connectivity index (χ3n) is 4.97. The first-order chi connectivity index (χ1) is 13.8. The third-order valence-corrected chi connectivity index (χ3v) is 4.97. The molecule has 28 heavy (non-hydrogen) atoms. The van der Waals surface area contributed by atoms with E-state index in [1.165, 1.54) is 17.5 Å². The molecule has 4 nitrogen and oxygen atoms in total. The predicted octanol–water partition coefficient (Wildman–Crippen LogP) is 4.76. The number of unbranched alkanes of at least 4 members (excludes halogenated alkanes) is 1. The quantitative estimate of drug-likeness (QED) is 0.537. The predicted molar refractivity (Wildman–Crippen MR) is 113 cm³/mol. The van der Waals surface area contributed by atoms with Crippen molar-refractivity contribution >= 4 is 0 Å². The van der Waals surface area contributed by atoms with Crippen molar-refractivity contribution in [1.29, 1.82) is 0 Å². The Hall–Kier alpha value is -2.04. The van der Waals surface area contributed by atoms with Crippen molar-refractivity contribution < 1.29 is 14.2 Å². The van der Waals surface area contributed by atoms with E-state index in [2.05, 4.69) is 30.4 Å². The number of fused-ring (bicyclic) bond motifs is 1. The van der Waals surface area contributed by atoms with E-state index in [0.717, 1.165) is 63.5 Å². The SMILES string of the molecule is CCCCOCCCNC[C@H]1CCc2ccc(OCc3ccccc3)cc2O1. The van der Waals surface area contributed by atoms with Crippen molar-refractivity contribution in [2.24, 2.45) is 0 Å². The van der Waals surface area contributed by atoms with Gasteiger partial charge in [0.2, 0.25) is 0 Å². The molecule has 0 amide bonds. The Morgan fingerprint density at radius 3 is 2.79 bits per heavy atom. The molecule has 0 bridgehead atoms. The number of hydrogen-bond donors (Lipinski definition) is 1. The molecule has 4 heteroatoms. The van der Waals surface area contributed by atoms with Crippen LogP contribution in [0, 0.1) is 0 Å². The molecule has 3 rings (SSSR count). The summed E-state index contributed by atoms with van der Waals surface area (Å²) < 4.78 is 17.7. The number of aryl methyl sites for hydroxylation is 1. The first-order valence-corrected chi connectivity index (χ1v) is 10.6. The highest BCUT2D eigenvalue weighted by molar-refractivity contribution is 5.42. The number of benzene rings is 2. The van der Waals surface area contributed by atoms with Crippen molar-refractivity contribution in [3.63, 3.8) is 0 Å². The van der Waals surface area contributed by atoms with Gasteiger partial charge in [-0.25, -0.2) is 0 Å². The van der Waals surface area contributed by atoms with Gasteiger partial charge in [-0.1, -0.05) is 49.7 Å². The Morgan fingerprint density at radius 2 is 1.93 bits per heavy atom. The maximum absolute atomic E-state index is 6.21. The summed E-state index contributed by atoms with van der Waals surface area (Å²) in [6, 6.07) is 16.4. The first-order valence-electron chi connectivity index (χ1n) is 10.6. The van der Waals surface area contributed by atoms with Gasteiger partial charge in [0.1, 0.15) is 24.2 Å². The van der Waals surface area contributed by atoms with Gasteiger partial charge < -0.3 is 19.5 Å². The van der Waals surface area contributed by atoms with E-state index >= 15 is 0 Å². The van der Waals surface area contributed by atoms with Crippen LogP contribution in [0.3, 0.4) is 0 Å². The van der Waals surface area contributed by atoms with E-state index in [-0.39, 0.29) is 6.10 Å². The minimum Gasteiger partial charge on any atom is -0.489 e. The Bertz CT molecular complexity index is 690. The first kappa shape index (κ1) is 20.7. The second kappa shape index (κ2) is 11.7. The minimum absolute atomic E-state index is 0.220. The molecule has 0 radical (unpaired) electrons. The van der Waals surface area contributed by atoms with Crippen molar-refractivity contribution in [1.82, 2.24) is 5.32 Å². The van der Waals surface area contributed by atoms with Crippen LogP contribution >= 0.6 is 0 Å². The summed E-state index contributed by atoms with van der Waals surface area (Å²) in [7, 11) is 0. The van der Waals surface area contributed by atoms with E-state index in [0.29, 0.717) is 6.61 Å². The van der Waals surface area contributed by atoms with Gasteiger partial charge in [0.25, 0.3) is 0 Å². The van der Waals surface area contributed by atoms with Crippen LogP contribution in [-0.4, -0.2) is 32.4 Å². The second-order valence-electron chi connectivity index (χ2n) is 7.35. The molecule has 152 valence electrons. The Morgan fingerprint density at radius 1 is 1.07 bits per heavy atom. The van der Waals surface area contributed by atoms with Gasteiger partial charge in [-0.2, -0.15) is 0 Å². The average molecular weight is 384 g/mol. The lowest BCUT2D eigenvalue weighted by Crippen LogP contribution is -2.34. The molecule has 0 aromatic heterocycles. The van der Waals surface area contributed by atoms with Crippen molar-refractivity contribution in [2.45, 2.75) is 51.7 Å². The molecule has 0 saturated carbocycles. The molecule has 0 unspecified atom stereocenters. The van der Waals surface area contributed by atoms with Crippen LogP contribution in [0.4, 0.5) is 0 Å². The molecular weight excluding hydrogens is 350 g/mol. The van der Waals surface area contributed by atoms with Gasteiger partial charge in [0, 0.05) is 25.8 Å². The molecule has 1 aliphatic rings. The molecule has 0 fully saturated rings. The summed E-state index contributed by atoms with van der Waals surface area (Å²) in [6.45, 7) is 6.33. The molecule has 1 aliphatic heterocycles. The Labute approximate surface area is 169 Å². The van der Waals surface area contributed by atoms with E-state index in [4.69, 9.17) is 14.2 Å². The zero-order valence-electron chi connectivity index (χ0n) is 17.0. The molecule has 0 saturated heterocycles. The fourth-order valence-corrected chi connectivity index (χ4v) is 3.29. The van der Waals surface area contributed by atoms with Crippen LogP contribution in [0.5, 0.6) is 11.5 Å². The number of hydrogen-bond acceptors (Lipinski definition) is 4. The largest absolute Gasteiger partial charge is 0.489 e. The van der Waals surface area contributed by atoms with Crippen LogP contribution in [0.1, 0.15) is 43.7 Å². The lowest BCUT2D eigenvalue weighted by atomic mass is 10.0. The van der Waals surface area contributed by atoms with Gasteiger partial charge in [-0.15, -0.1) is 0 Å². The average Bonchev–Trinajstić information content (AvgIpc) is 2.74. The van der Waals surface area contributed by atoms with E-state index in [9.17, 15) is 0 Å². The highest BCUT2D eigenvalue weighted by atomic mass is 16.5. The van der Waals surface area contributed by atoms with Crippen LogP contribution in [0.25, 0.3) is 0 Å². The Balaban J connectivity index is 1.38. The zero-order valence-corrected chi connectivity index (χ0v) is 17.0. The fourth-order valence-electron chi connectivity index (χ4n) is 3.29. The summed E-state index contributed by atoms with van der Waals surface area (Å²) in [5.74, 6) is 1.83. The van der Waals surface area contributed by atoms with Crippen molar-refractivity contribution in [2.75, 3.05) is 26.3 Å². The van der Waals surface area contributed by atoms with Crippen LogP contribution in [0.2, 0.25) is 0 Å². The van der Waals surface area contributed by atoms with E-state index < -0.39 is 0 Å². The molecule has 2 aromatic rings. The summed E-state index contributed by atoms with van der Waals surface area (Å²) in [5, 5.41) is 3.50. The number of nitrogens with one attached hydrogen (secondary N) is 1. The highest BCUT2D eigenvalue weighted by Gasteiger charge is 2.20. The lowest BCUT2D eigenvalue weighted by Gasteiger charge is -2.27. The van der Waals surface area contributed by atoms with Gasteiger partial charge in [-0.05, 0) is 49.4 Å². The van der Waals surface area contributed by atoms with Crippen LogP contribution in [0.15, 0.2) is 48.5 Å². The summed E-state index contributed by atoms with van der Waals surface area (Å²) in [5.41, 5.74) is 2.44. The van der Waals surface area contributed by atoms with Crippen LogP contribution in [-0.2, 0) is 17.8 Å². The molecule has 2 aromatic carbocycles. The smallest absolute Gasteiger partial charge is 0.126 e. The molecule has 0 spiro atoms. The minimum atomic E-state index is 0.220. The highest BCUT2D eigenvalue weighted by Crippen LogP contribution is 2.31. The maximum Gasteiger partial charge on any atom is 0.126 e.